The number of fused-ring (bicyclic) bond motifs is 1. The van der Waals surface area contributed by atoms with Crippen LogP contribution >= 0.6 is 0 Å². The minimum atomic E-state index is 0.512. The molecule has 3 nitrogen and oxygen atoms in total. The molecule has 1 unspecified atom stereocenters. The molecule has 104 valence electrons. The summed E-state index contributed by atoms with van der Waals surface area (Å²) in [7, 11) is 0. The Kier molecular flexibility index (Phi) is 3.70. The summed E-state index contributed by atoms with van der Waals surface area (Å²) < 4.78 is 5.99. The van der Waals surface area contributed by atoms with E-state index >= 15 is 0 Å². The first-order valence-electron chi connectivity index (χ1n) is 7.15. The van der Waals surface area contributed by atoms with E-state index in [0.717, 1.165) is 36.6 Å². The highest BCUT2D eigenvalue weighted by atomic mass is 16.5. The van der Waals surface area contributed by atoms with E-state index in [1.807, 2.05) is 19.1 Å². The van der Waals surface area contributed by atoms with Gasteiger partial charge in [0, 0.05) is 18.0 Å². The second kappa shape index (κ2) is 5.63. The lowest BCUT2D eigenvalue weighted by Gasteiger charge is -2.30. The van der Waals surface area contributed by atoms with Crippen molar-refractivity contribution >= 4 is 0 Å². The van der Waals surface area contributed by atoms with Gasteiger partial charge in [0.05, 0.1) is 12.3 Å². The van der Waals surface area contributed by atoms with Crippen molar-refractivity contribution in [2.24, 2.45) is 5.73 Å². The van der Waals surface area contributed by atoms with Crippen LogP contribution in [0.15, 0.2) is 36.4 Å². The molecule has 3 heteroatoms. The molecule has 1 aliphatic carbocycles. The van der Waals surface area contributed by atoms with Gasteiger partial charge in [-0.3, -0.25) is 4.98 Å². The quantitative estimate of drug-likeness (QED) is 0.906. The molecular weight excluding hydrogens is 248 g/mol. The first-order valence-corrected chi connectivity index (χ1v) is 7.15. The van der Waals surface area contributed by atoms with Crippen LogP contribution in [0.3, 0.4) is 0 Å². The van der Waals surface area contributed by atoms with Crippen LogP contribution < -0.4 is 10.5 Å². The molecule has 2 N–H and O–H groups in total. The van der Waals surface area contributed by atoms with Gasteiger partial charge in [-0.15, -0.1) is 0 Å². The molecule has 0 aliphatic heterocycles. The Hall–Kier alpha value is -1.87. The van der Waals surface area contributed by atoms with Crippen molar-refractivity contribution in [1.29, 1.82) is 0 Å². The van der Waals surface area contributed by atoms with Crippen LogP contribution in [0.1, 0.15) is 28.4 Å². The summed E-state index contributed by atoms with van der Waals surface area (Å²) in [6.45, 7) is 3.31. The number of nitrogens with two attached hydrogens (primary N) is 1. The normalized spacial score (nSPS) is 16.4. The highest BCUT2D eigenvalue weighted by molar-refractivity contribution is 5.40. The third kappa shape index (κ3) is 2.54. The SMILES string of the molecule is Cc1ccc(OCC2Cc3ccccc32)c(CCN)n1. The van der Waals surface area contributed by atoms with Crippen molar-refractivity contribution in [3.8, 4) is 5.75 Å². The summed E-state index contributed by atoms with van der Waals surface area (Å²) in [5.74, 6) is 1.39. The van der Waals surface area contributed by atoms with E-state index < -0.39 is 0 Å². The molecule has 20 heavy (non-hydrogen) atoms. The van der Waals surface area contributed by atoms with Gasteiger partial charge < -0.3 is 10.5 Å². The number of pyridine rings is 1. The third-order valence-corrected chi connectivity index (χ3v) is 3.85. The summed E-state index contributed by atoms with van der Waals surface area (Å²) >= 11 is 0. The molecule has 1 atom stereocenters. The maximum atomic E-state index is 5.99. The third-order valence-electron chi connectivity index (χ3n) is 3.85. The van der Waals surface area contributed by atoms with Crippen LogP contribution in [-0.2, 0) is 12.8 Å². The van der Waals surface area contributed by atoms with E-state index in [1.165, 1.54) is 11.1 Å². The van der Waals surface area contributed by atoms with E-state index in [-0.39, 0.29) is 0 Å². The number of aryl methyl sites for hydroxylation is 1. The minimum absolute atomic E-state index is 0.512. The molecule has 3 rings (SSSR count). The first kappa shape index (κ1) is 13.1. The second-order valence-corrected chi connectivity index (χ2v) is 5.35. The lowest BCUT2D eigenvalue weighted by Crippen LogP contribution is -2.23. The maximum Gasteiger partial charge on any atom is 0.140 e. The molecule has 0 saturated carbocycles. The molecule has 0 fully saturated rings. The Morgan fingerprint density at radius 2 is 2.10 bits per heavy atom. The molecule has 1 aliphatic rings. The van der Waals surface area contributed by atoms with Crippen molar-refractivity contribution in [1.82, 2.24) is 4.98 Å². The maximum absolute atomic E-state index is 5.99. The average Bonchev–Trinajstić information content (AvgIpc) is 2.42. The standard InChI is InChI=1S/C17H20N2O/c1-12-6-7-17(16(19-12)8-9-18)20-11-14-10-13-4-2-3-5-15(13)14/h2-7,14H,8-11,18H2,1H3. The highest BCUT2D eigenvalue weighted by Crippen LogP contribution is 2.35. The van der Waals surface area contributed by atoms with Gasteiger partial charge in [0.1, 0.15) is 5.75 Å². The number of hydrogen-bond acceptors (Lipinski definition) is 3. The zero-order valence-electron chi connectivity index (χ0n) is 11.8. The van der Waals surface area contributed by atoms with Crippen molar-refractivity contribution in [3.63, 3.8) is 0 Å². The van der Waals surface area contributed by atoms with E-state index in [1.54, 1.807) is 0 Å². The number of ether oxygens (including phenoxy) is 1. The average molecular weight is 268 g/mol. The molecule has 0 spiro atoms. The Labute approximate surface area is 119 Å². The van der Waals surface area contributed by atoms with Gasteiger partial charge in [-0.2, -0.15) is 0 Å². The molecular formula is C17H20N2O. The van der Waals surface area contributed by atoms with Crippen LogP contribution in [0.25, 0.3) is 0 Å². The van der Waals surface area contributed by atoms with Crippen molar-refractivity contribution in [2.45, 2.75) is 25.7 Å². The van der Waals surface area contributed by atoms with E-state index in [2.05, 4.69) is 29.2 Å². The summed E-state index contributed by atoms with van der Waals surface area (Å²) in [4.78, 5) is 4.52. The largest absolute Gasteiger partial charge is 0.491 e. The second-order valence-electron chi connectivity index (χ2n) is 5.35. The zero-order chi connectivity index (χ0) is 13.9. The van der Waals surface area contributed by atoms with Crippen LogP contribution in [0.2, 0.25) is 0 Å². The topological polar surface area (TPSA) is 48.1 Å². The Bertz CT molecular complexity index is 610. The minimum Gasteiger partial charge on any atom is -0.491 e. The van der Waals surface area contributed by atoms with Crippen LogP contribution in [0.5, 0.6) is 5.75 Å². The summed E-state index contributed by atoms with van der Waals surface area (Å²) in [6, 6.07) is 12.6. The van der Waals surface area contributed by atoms with Gasteiger partial charge in [0.15, 0.2) is 0 Å². The van der Waals surface area contributed by atoms with Gasteiger partial charge in [0.25, 0.3) is 0 Å². The molecule has 0 radical (unpaired) electrons. The zero-order valence-corrected chi connectivity index (χ0v) is 11.8. The summed E-state index contributed by atoms with van der Waals surface area (Å²) in [6.07, 6.45) is 1.87. The smallest absolute Gasteiger partial charge is 0.140 e. The van der Waals surface area contributed by atoms with Crippen LogP contribution in [0.4, 0.5) is 0 Å². The van der Waals surface area contributed by atoms with E-state index in [0.29, 0.717) is 12.5 Å². The number of hydrogen-bond donors (Lipinski definition) is 1. The van der Waals surface area contributed by atoms with Gasteiger partial charge in [0.2, 0.25) is 0 Å². The first-order chi connectivity index (χ1) is 9.78. The molecule has 0 saturated heterocycles. The van der Waals surface area contributed by atoms with Gasteiger partial charge in [-0.25, -0.2) is 0 Å². The fraction of sp³-hybridized carbons (Fsp3) is 0.353. The summed E-state index contributed by atoms with van der Waals surface area (Å²) in [5, 5.41) is 0. The van der Waals surface area contributed by atoms with Crippen molar-refractivity contribution in [2.75, 3.05) is 13.2 Å². The molecule has 0 bridgehead atoms. The molecule has 1 aromatic heterocycles. The van der Waals surface area contributed by atoms with Crippen molar-refractivity contribution < 1.29 is 4.74 Å². The predicted molar refractivity (Wildman–Crippen MR) is 80.1 cm³/mol. The van der Waals surface area contributed by atoms with Crippen LogP contribution in [0, 0.1) is 6.92 Å². The lowest BCUT2D eigenvalue weighted by molar-refractivity contribution is 0.271. The summed E-state index contributed by atoms with van der Waals surface area (Å²) in [5.41, 5.74) is 10.5. The Morgan fingerprint density at radius 1 is 1.25 bits per heavy atom. The monoisotopic (exact) mass is 268 g/mol. The van der Waals surface area contributed by atoms with Gasteiger partial charge in [-0.1, -0.05) is 24.3 Å². The fourth-order valence-electron chi connectivity index (χ4n) is 2.75. The van der Waals surface area contributed by atoms with E-state index in [4.69, 9.17) is 10.5 Å². The van der Waals surface area contributed by atoms with E-state index in [9.17, 15) is 0 Å². The lowest BCUT2D eigenvalue weighted by atomic mass is 9.78. The van der Waals surface area contributed by atoms with Crippen LogP contribution in [-0.4, -0.2) is 18.1 Å². The van der Waals surface area contributed by atoms with Gasteiger partial charge >= 0.3 is 0 Å². The number of rotatable bonds is 5. The number of benzene rings is 1. The predicted octanol–water partition coefficient (Wildman–Crippen LogP) is 2.61. The van der Waals surface area contributed by atoms with Crippen molar-refractivity contribution in [3.05, 3.63) is 58.9 Å². The molecule has 1 heterocycles. The molecule has 1 aromatic carbocycles. The molecule has 2 aromatic rings. The van der Waals surface area contributed by atoms with Gasteiger partial charge in [-0.05, 0) is 43.1 Å². The fourth-order valence-corrected chi connectivity index (χ4v) is 2.75. The highest BCUT2D eigenvalue weighted by Gasteiger charge is 2.26. The molecule has 0 amide bonds. The number of nitrogens with zero attached hydrogens (tertiary/aromatic N) is 1. The Balaban J connectivity index is 1.68. The Morgan fingerprint density at radius 3 is 2.90 bits per heavy atom. The number of aromatic nitrogens is 1.